The molecule has 4 aliphatic heterocycles. The van der Waals surface area contributed by atoms with Crippen LogP contribution < -0.4 is 0 Å². The zero-order chi connectivity index (χ0) is 47.2. The number of rotatable bonds is 11. The highest BCUT2D eigenvalue weighted by molar-refractivity contribution is 5.91. The lowest BCUT2D eigenvalue weighted by Gasteiger charge is -2.48. The highest BCUT2D eigenvalue weighted by Gasteiger charge is 2.52. The maximum Gasteiger partial charge on any atom is 0.308 e. The Balaban J connectivity index is 1.77. The third kappa shape index (κ3) is 14.5. The van der Waals surface area contributed by atoms with Gasteiger partial charge in [0.15, 0.2) is 24.5 Å². The summed E-state index contributed by atoms with van der Waals surface area (Å²) in [5.74, 6) is -3.66. The summed E-state index contributed by atoms with van der Waals surface area (Å²) in [5.41, 5.74) is 0.776. The summed E-state index contributed by atoms with van der Waals surface area (Å²) >= 11 is 0. The Kier molecular flexibility index (Phi) is 21.1. The molecule has 2 saturated heterocycles. The lowest BCUT2D eigenvalue weighted by Crippen LogP contribution is -2.65. The van der Waals surface area contributed by atoms with Gasteiger partial charge >= 0.3 is 17.9 Å². The molecule has 64 heavy (non-hydrogen) atoms. The van der Waals surface area contributed by atoms with Crippen LogP contribution in [-0.2, 0) is 71.3 Å². The average molecular weight is 906 g/mol. The lowest BCUT2D eigenvalue weighted by molar-refractivity contribution is -0.307. The van der Waals surface area contributed by atoms with Crippen molar-refractivity contribution in [1.29, 1.82) is 0 Å². The third-order valence-electron chi connectivity index (χ3n) is 12.8. The molecule has 4 rings (SSSR count). The topological polar surface area (TPSA) is 173 Å². The van der Waals surface area contributed by atoms with Crippen molar-refractivity contribution in [1.82, 2.24) is 4.90 Å². The Hall–Kier alpha value is -3.48. The first-order chi connectivity index (χ1) is 30.4. The molecule has 362 valence electrons. The monoisotopic (exact) mass is 906 g/mol. The van der Waals surface area contributed by atoms with E-state index in [9.17, 15) is 19.2 Å². The molecule has 0 radical (unpaired) electrons. The molecule has 0 aromatic heterocycles. The quantitative estimate of drug-likeness (QED) is 0.144. The van der Waals surface area contributed by atoms with Crippen LogP contribution in [0.1, 0.15) is 81.6 Å². The summed E-state index contributed by atoms with van der Waals surface area (Å²) in [6.45, 7) is 16.5. The molecule has 2 bridgehead atoms. The van der Waals surface area contributed by atoms with Crippen molar-refractivity contribution >= 4 is 23.7 Å². The number of nitrogens with zero attached hydrogens (tertiary/aromatic N) is 1. The van der Waals surface area contributed by atoms with Crippen molar-refractivity contribution in [3.05, 3.63) is 48.3 Å². The molecule has 0 amide bonds. The van der Waals surface area contributed by atoms with Crippen LogP contribution >= 0.6 is 0 Å². The largest absolute Gasteiger partial charge is 0.497 e. The normalized spacial score (nSPS) is 40.7. The summed E-state index contributed by atoms with van der Waals surface area (Å²) < 4.78 is 68.2. The number of likely N-dealkylation sites (N-methyl/N-ethyl adjacent to an activating group) is 1. The van der Waals surface area contributed by atoms with E-state index < -0.39 is 103 Å². The highest BCUT2D eigenvalue weighted by atomic mass is 16.7. The van der Waals surface area contributed by atoms with E-state index >= 15 is 0 Å². The summed E-state index contributed by atoms with van der Waals surface area (Å²) in [6.07, 6.45) is 5.37. The molecule has 2 fully saturated rings. The van der Waals surface area contributed by atoms with E-state index in [0.717, 1.165) is 5.57 Å². The maximum absolute atomic E-state index is 14.3. The van der Waals surface area contributed by atoms with Gasteiger partial charge in [0.25, 0.3) is 0 Å². The van der Waals surface area contributed by atoms with Crippen LogP contribution in [-0.4, -0.2) is 150 Å². The number of hydrogen-bond acceptors (Lipinski definition) is 16. The van der Waals surface area contributed by atoms with Gasteiger partial charge in [0.1, 0.15) is 24.9 Å². The second-order valence-electron chi connectivity index (χ2n) is 17.8. The van der Waals surface area contributed by atoms with Crippen molar-refractivity contribution in [2.24, 2.45) is 29.6 Å². The smallest absolute Gasteiger partial charge is 0.308 e. The van der Waals surface area contributed by atoms with E-state index in [1.807, 2.05) is 70.7 Å². The zero-order valence-electron chi connectivity index (χ0n) is 40.2. The number of fused-ring (bicyclic) bond motifs is 3. The van der Waals surface area contributed by atoms with Crippen LogP contribution in [0.25, 0.3) is 0 Å². The van der Waals surface area contributed by atoms with Gasteiger partial charge in [-0.05, 0) is 65.9 Å². The van der Waals surface area contributed by atoms with Gasteiger partial charge < -0.3 is 52.1 Å². The summed E-state index contributed by atoms with van der Waals surface area (Å²) in [5, 5.41) is 0. The Bertz CT molecular complexity index is 1650. The first-order valence-corrected chi connectivity index (χ1v) is 22.7. The van der Waals surface area contributed by atoms with Gasteiger partial charge in [-0.3, -0.25) is 24.1 Å². The second kappa shape index (κ2) is 25.4. The van der Waals surface area contributed by atoms with Gasteiger partial charge in [0, 0.05) is 57.7 Å². The molecular weight excluding hydrogens is 831 g/mol. The molecule has 0 N–H and O–H groups in total. The SMILES string of the molecule is CC[C@H]1OC(=O)C[C@H]2OC/C=C/CO/C=C\[C@@H](C[C@@H](C)C(=O)/C=C/C(C)=C/[C@@H]1CO[C@@H]1OC(C)[C@@H](C)[C@H](OC)C1OC)[C@H](O[C@@H]1OC(C)[C@@H](OC(C)=O)C(N(C)C)C1OC(C)=O)[C@H]2C. The number of carbonyl (C=O) groups excluding carboxylic acids is 4. The minimum absolute atomic E-state index is 0.0539. The molecule has 4 aliphatic rings. The van der Waals surface area contributed by atoms with Gasteiger partial charge in [-0.2, -0.15) is 0 Å². The summed E-state index contributed by atoms with van der Waals surface area (Å²) in [4.78, 5) is 55.1. The molecule has 16 nitrogen and oxygen atoms in total. The fraction of sp³-hybridized carbons (Fsp3) is 0.750. The van der Waals surface area contributed by atoms with Crippen molar-refractivity contribution in [3.63, 3.8) is 0 Å². The Morgan fingerprint density at radius 1 is 0.812 bits per heavy atom. The van der Waals surface area contributed by atoms with E-state index in [4.69, 9.17) is 52.1 Å². The van der Waals surface area contributed by atoms with Gasteiger partial charge in [-0.1, -0.05) is 51.5 Å². The average Bonchev–Trinajstić information content (AvgIpc) is 3.23. The summed E-state index contributed by atoms with van der Waals surface area (Å²) in [6, 6.07) is -0.665. The van der Waals surface area contributed by atoms with Crippen LogP contribution in [0, 0.1) is 29.6 Å². The van der Waals surface area contributed by atoms with Crippen LogP contribution in [0.4, 0.5) is 0 Å². The molecule has 4 heterocycles. The number of esters is 3. The number of methoxy groups -OCH3 is 2. The van der Waals surface area contributed by atoms with E-state index in [1.54, 1.807) is 53.7 Å². The molecule has 0 aromatic carbocycles. The number of allylic oxidation sites excluding steroid dienone is 3. The molecule has 16 heteroatoms. The Morgan fingerprint density at radius 2 is 1.47 bits per heavy atom. The van der Waals surface area contributed by atoms with Gasteiger partial charge in [-0.25, -0.2) is 0 Å². The number of carbonyl (C=O) groups is 4. The lowest BCUT2D eigenvalue weighted by atomic mass is 9.81. The van der Waals surface area contributed by atoms with Crippen LogP contribution in [0.15, 0.2) is 48.3 Å². The van der Waals surface area contributed by atoms with E-state index in [-0.39, 0.29) is 50.2 Å². The number of ether oxygens (including phenoxy) is 11. The minimum Gasteiger partial charge on any atom is -0.497 e. The zero-order valence-corrected chi connectivity index (χ0v) is 40.2. The van der Waals surface area contributed by atoms with Crippen LogP contribution in [0.2, 0.25) is 0 Å². The number of cyclic esters (lactones) is 1. The first-order valence-electron chi connectivity index (χ1n) is 22.7. The summed E-state index contributed by atoms with van der Waals surface area (Å²) in [7, 11) is 6.83. The van der Waals surface area contributed by atoms with Gasteiger partial charge in [0.05, 0.1) is 62.5 Å². The Morgan fingerprint density at radius 3 is 2.11 bits per heavy atom. The van der Waals surface area contributed by atoms with Crippen LogP contribution in [0.5, 0.6) is 0 Å². The van der Waals surface area contributed by atoms with E-state index in [2.05, 4.69) is 0 Å². The standard InChI is InChI=1S/C48H75NO15/c1-14-38-36(26-58-47-46(55-13)43(54-12)29(4)31(6)59-47)23-27(2)17-18-37(52)28(3)24-35-19-22-56-20-15-16-21-57-39(25-40(53)63-38)30(5)42(35)64-48-45(62-34(9)51)41(49(10)11)44(32(7)60-48)61-33(8)50/h15-19,22-23,28-32,35-36,38-39,41-48H,14,20-21,24-26H2,1-13H3/b16-15+,18-17+,22-19-,27-23+/t28-,29-,30+,31?,32?,35+,36-,38-,39-,41?,42-,43+,44-,45?,46?,47-,48+/m1/s1. The molecule has 0 spiro atoms. The third-order valence-corrected chi connectivity index (χ3v) is 12.8. The van der Waals surface area contributed by atoms with Crippen molar-refractivity contribution in [2.45, 2.75) is 155 Å². The van der Waals surface area contributed by atoms with E-state index in [0.29, 0.717) is 12.8 Å². The molecule has 0 aliphatic carbocycles. The maximum atomic E-state index is 14.3. The van der Waals surface area contributed by atoms with Gasteiger partial charge in [0.2, 0.25) is 0 Å². The molecule has 17 atom stereocenters. The predicted molar refractivity (Wildman–Crippen MR) is 235 cm³/mol. The highest BCUT2D eigenvalue weighted by Crippen LogP contribution is 2.37. The first kappa shape index (κ1) is 53.1. The molecule has 0 aromatic rings. The number of hydrogen-bond donors (Lipinski definition) is 0. The molecular formula is C48H75NO15. The van der Waals surface area contributed by atoms with Crippen molar-refractivity contribution in [3.8, 4) is 0 Å². The van der Waals surface area contributed by atoms with Gasteiger partial charge in [-0.15, -0.1) is 0 Å². The van der Waals surface area contributed by atoms with E-state index in [1.165, 1.54) is 13.8 Å². The second-order valence-corrected chi connectivity index (χ2v) is 17.8. The Labute approximate surface area is 380 Å². The fourth-order valence-corrected chi connectivity index (χ4v) is 9.13. The fourth-order valence-electron chi connectivity index (χ4n) is 9.13. The number of ketones is 1. The van der Waals surface area contributed by atoms with Crippen LogP contribution in [0.3, 0.4) is 0 Å². The molecule has 5 unspecified atom stereocenters. The van der Waals surface area contributed by atoms with Crippen molar-refractivity contribution in [2.75, 3.05) is 48.1 Å². The molecule has 0 saturated carbocycles. The minimum atomic E-state index is -1.17. The van der Waals surface area contributed by atoms with Crippen molar-refractivity contribution < 1.29 is 71.3 Å². The predicted octanol–water partition coefficient (Wildman–Crippen LogP) is 5.51.